The molecule has 0 saturated carbocycles. The predicted octanol–water partition coefficient (Wildman–Crippen LogP) is 6.25. The summed E-state index contributed by atoms with van der Waals surface area (Å²) < 4.78 is 28.7. The second-order valence-electron chi connectivity index (χ2n) is 6.41. The summed E-state index contributed by atoms with van der Waals surface area (Å²) in [4.78, 5) is 9.24. The Labute approximate surface area is 158 Å². The monoisotopic (exact) mass is 364 g/mol. The zero-order chi connectivity index (χ0) is 19.4. The second-order valence-corrected chi connectivity index (χ2v) is 6.41. The van der Waals surface area contributed by atoms with Crippen LogP contribution in [0.25, 0.3) is 28.6 Å². The van der Waals surface area contributed by atoms with Gasteiger partial charge >= 0.3 is 0 Å². The van der Waals surface area contributed by atoms with Crippen LogP contribution in [0.2, 0.25) is 0 Å². The number of hydrogen-bond acceptors (Lipinski definition) is 2. The fourth-order valence-electron chi connectivity index (χ4n) is 3.07. The van der Waals surface area contributed by atoms with Gasteiger partial charge < -0.3 is 0 Å². The molecule has 138 valence electrons. The van der Waals surface area contributed by atoms with Crippen molar-refractivity contribution < 1.29 is 8.78 Å². The van der Waals surface area contributed by atoms with Crippen LogP contribution in [0.1, 0.15) is 37.1 Å². The van der Waals surface area contributed by atoms with Gasteiger partial charge in [0.05, 0.1) is 17.1 Å². The van der Waals surface area contributed by atoms with Gasteiger partial charge in [-0.15, -0.1) is 0 Å². The standard InChI is InChI=1S/C23H22F2N2/c1-4-7-18-14-26-22(17-12-20(24)19(6-3)21(25)13-17)23(27-18)16-10-8-15(5-2)9-11-16/h5,8-14H,2,4,6-7H2,1,3H3. The van der Waals surface area contributed by atoms with Crippen LogP contribution >= 0.6 is 0 Å². The molecule has 2 aromatic carbocycles. The number of hydrogen-bond donors (Lipinski definition) is 0. The largest absolute Gasteiger partial charge is 0.252 e. The quantitative estimate of drug-likeness (QED) is 0.517. The van der Waals surface area contributed by atoms with Crippen LogP contribution in [0.3, 0.4) is 0 Å². The SMILES string of the molecule is C=Cc1ccc(-c2nc(CCC)cnc2-c2cc(F)c(CC)c(F)c2)cc1. The Hall–Kier alpha value is -2.88. The molecule has 0 spiro atoms. The van der Waals surface area contributed by atoms with Crippen molar-refractivity contribution in [3.8, 4) is 22.5 Å². The minimum Gasteiger partial charge on any atom is -0.252 e. The molecule has 0 N–H and O–H groups in total. The van der Waals surface area contributed by atoms with E-state index in [1.54, 1.807) is 19.2 Å². The van der Waals surface area contributed by atoms with Gasteiger partial charge in [-0.3, -0.25) is 4.98 Å². The van der Waals surface area contributed by atoms with E-state index in [-0.39, 0.29) is 5.56 Å². The number of benzene rings is 2. The number of nitrogens with zero attached hydrogens (tertiary/aromatic N) is 2. The van der Waals surface area contributed by atoms with E-state index >= 15 is 0 Å². The third-order valence-electron chi connectivity index (χ3n) is 4.52. The van der Waals surface area contributed by atoms with E-state index in [2.05, 4.69) is 18.5 Å². The van der Waals surface area contributed by atoms with Crippen LogP contribution in [0.4, 0.5) is 8.78 Å². The smallest absolute Gasteiger partial charge is 0.129 e. The Balaban J connectivity index is 2.18. The fraction of sp³-hybridized carbons (Fsp3) is 0.217. The van der Waals surface area contributed by atoms with Crippen LogP contribution in [0, 0.1) is 11.6 Å². The van der Waals surface area contributed by atoms with Gasteiger partial charge in [-0.25, -0.2) is 13.8 Å². The van der Waals surface area contributed by atoms with Gasteiger partial charge in [-0.05, 0) is 30.5 Å². The van der Waals surface area contributed by atoms with Gasteiger partial charge in [0.25, 0.3) is 0 Å². The van der Waals surface area contributed by atoms with Crippen molar-refractivity contribution in [3.05, 3.63) is 77.6 Å². The number of aryl methyl sites for hydroxylation is 1. The van der Waals surface area contributed by atoms with Crippen molar-refractivity contribution in [2.45, 2.75) is 33.1 Å². The first-order valence-electron chi connectivity index (χ1n) is 9.14. The highest BCUT2D eigenvalue weighted by Crippen LogP contribution is 2.31. The molecule has 0 atom stereocenters. The van der Waals surface area contributed by atoms with Crippen molar-refractivity contribution in [2.24, 2.45) is 0 Å². The van der Waals surface area contributed by atoms with Gasteiger partial charge in [0.2, 0.25) is 0 Å². The molecule has 0 amide bonds. The maximum Gasteiger partial charge on any atom is 0.129 e. The van der Waals surface area contributed by atoms with Gasteiger partial charge in [-0.1, -0.05) is 57.2 Å². The first-order chi connectivity index (χ1) is 13.1. The number of halogens is 2. The van der Waals surface area contributed by atoms with Crippen LogP contribution < -0.4 is 0 Å². The first-order valence-corrected chi connectivity index (χ1v) is 9.14. The summed E-state index contributed by atoms with van der Waals surface area (Å²) in [7, 11) is 0. The van der Waals surface area contributed by atoms with E-state index < -0.39 is 11.6 Å². The van der Waals surface area contributed by atoms with E-state index in [0.29, 0.717) is 23.4 Å². The van der Waals surface area contributed by atoms with E-state index in [0.717, 1.165) is 29.7 Å². The van der Waals surface area contributed by atoms with Gasteiger partial charge in [0.1, 0.15) is 11.6 Å². The zero-order valence-electron chi connectivity index (χ0n) is 15.6. The van der Waals surface area contributed by atoms with E-state index in [1.807, 2.05) is 24.3 Å². The number of aromatic nitrogens is 2. The maximum absolute atomic E-state index is 14.3. The molecule has 27 heavy (non-hydrogen) atoms. The lowest BCUT2D eigenvalue weighted by molar-refractivity contribution is 0.559. The second kappa shape index (κ2) is 8.21. The summed E-state index contributed by atoms with van der Waals surface area (Å²) in [6.45, 7) is 7.56. The molecular weight excluding hydrogens is 342 g/mol. The fourth-order valence-corrected chi connectivity index (χ4v) is 3.07. The van der Waals surface area contributed by atoms with Crippen LogP contribution in [0.15, 0.2) is 49.2 Å². The molecule has 0 fully saturated rings. The molecule has 0 unspecified atom stereocenters. The van der Waals surface area contributed by atoms with Crippen molar-refractivity contribution in [2.75, 3.05) is 0 Å². The van der Waals surface area contributed by atoms with Crippen molar-refractivity contribution in [3.63, 3.8) is 0 Å². The average molecular weight is 364 g/mol. The third kappa shape index (κ3) is 3.95. The third-order valence-corrected chi connectivity index (χ3v) is 4.52. The van der Waals surface area contributed by atoms with Gasteiger partial charge in [-0.2, -0.15) is 0 Å². The molecule has 1 aromatic heterocycles. The van der Waals surface area contributed by atoms with E-state index in [4.69, 9.17) is 4.98 Å². The lowest BCUT2D eigenvalue weighted by Gasteiger charge is -2.12. The zero-order valence-corrected chi connectivity index (χ0v) is 15.6. The molecule has 4 heteroatoms. The van der Waals surface area contributed by atoms with Crippen LogP contribution in [0.5, 0.6) is 0 Å². The maximum atomic E-state index is 14.3. The molecule has 2 nitrogen and oxygen atoms in total. The van der Waals surface area contributed by atoms with E-state index in [9.17, 15) is 8.78 Å². The highest BCUT2D eigenvalue weighted by atomic mass is 19.1. The van der Waals surface area contributed by atoms with E-state index in [1.165, 1.54) is 12.1 Å². The minimum absolute atomic E-state index is 0.0891. The first kappa shape index (κ1) is 18.9. The highest BCUT2D eigenvalue weighted by molar-refractivity contribution is 5.78. The van der Waals surface area contributed by atoms with Gasteiger partial charge in [0, 0.05) is 22.9 Å². The normalized spacial score (nSPS) is 10.8. The molecule has 0 radical (unpaired) electrons. The highest BCUT2D eigenvalue weighted by Gasteiger charge is 2.16. The molecule has 0 aliphatic carbocycles. The summed E-state index contributed by atoms with van der Waals surface area (Å²) >= 11 is 0. The Bertz CT molecular complexity index is 940. The summed E-state index contributed by atoms with van der Waals surface area (Å²) in [6.07, 6.45) is 5.48. The molecule has 3 aromatic rings. The minimum atomic E-state index is -0.556. The molecule has 0 saturated heterocycles. The van der Waals surface area contributed by atoms with Crippen molar-refractivity contribution in [1.82, 2.24) is 9.97 Å². The molecule has 0 aliphatic rings. The lowest BCUT2D eigenvalue weighted by Crippen LogP contribution is -2.01. The summed E-state index contributed by atoms with van der Waals surface area (Å²) in [5, 5.41) is 0. The predicted molar refractivity (Wildman–Crippen MR) is 106 cm³/mol. The average Bonchev–Trinajstić information content (AvgIpc) is 2.68. The van der Waals surface area contributed by atoms with Crippen LogP contribution in [-0.2, 0) is 12.8 Å². The van der Waals surface area contributed by atoms with Crippen LogP contribution in [-0.4, -0.2) is 9.97 Å². The Morgan fingerprint density at radius 1 is 0.963 bits per heavy atom. The Morgan fingerprint density at radius 3 is 2.19 bits per heavy atom. The lowest BCUT2D eigenvalue weighted by atomic mass is 10.00. The molecular formula is C23H22F2N2. The summed E-state index contributed by atoms with van der Waals surface area (Å²) in [5.74, 6) is -1.11. The summed E-state index contributed by atoms with van der Waals surface area (Å²) in [6, 6.07) is 10.4. The molecule has 0 aliphatic heterocycles. The summed E-state index contributed by atoms with van der Waals surface area (Å²) in [5.41, 5.74) is 4.27. The molecule has 3 rings (SSSR count). The van der Waals surface area contributed by atoms with Crippen molar-refractivity contribution in [1.29, 1.82) is 0 Å². The Morgan fingerprint density at radius 2 is 1.63 bits per heavy atom. The number of rotatable bonds is 6. The van der Waals surface area contributed by atoms with Gasteiger partial charge in [0.15, 0.2) is 0 Å². The molecule has 0 bridgehead atoms. The Kier molecular flexibility index (Phi) is 5.75. The molecule has 1 heterocycles. The van der Waals surface area contributed by atoms with Crippen molar-refractivity contribution >= 4 is 6.08 Å². The topological polar surface area (TPSA) is 25.8 Å².